The van der Waals surface area contributed by atoms with E-state index in [1.165, 1.54) is 0 Å². The number of rotatable bonds is 2. The molecule has 1 aromatic heterocycles. The topological polar surface area (TPSA) is 43.8 Å². The van der Waals surface area contributed by atoms with Crippen molar-refractivity contribution in [3.8, 4) is 0 Å². The number of aromatic nitrogens is 2. The van der Waals surface area contributed by atoms with Gasteiger partial charge in [0.05, 0.1) is 11.6 Å². The lowest BCUT2D eigenvalue weighted by Gasteiger charge is -2.06. The molecule has 0 fully saturated rings. The fourth-order valence-electron chi connectivity index (χ4n) is 1.69. The Morgan fingerprint density at radius 3 is 2.58 bits per heavy atom. The van der Waals surface area contributed by atoms with E-state index >= 15 is 0 Å². The van der Waals surface area contributed by atoms with E-state index in [1.54, 1.807) is 18.2 Å². The molecule has 1 aromatic carbocycles. The summed E-state index contributed by atoms with van der Waals surface area (Å²) in [6, 6.07) is 5.25. The Bertz CT molecular complexity index is 605. The van der Waals surface area contributed by atoms with E-state index < -0.39 is 16.9 Å². The van der Waals surface area contributed by atoms with Crippen molar-refractivity contribution in [3.63, 3.8) is 0 Å². The third-order valence-electron chi connectivity index (χ3n) is 2.66. The van der Waals surface area contributed by atoms with E-state index in [-0.39, 0.29) is 6.54 Å². The van der Waals surface area contributed by atoms with Gasteiger partial charge in [-0.25, -0.2) is 0 Å². The first-order valence-electron chi connectivity index (χ1n) is 5.42. The van der Waals surface area contributed by atoms with Crippen LogP contribution in [0.25, 0.3) is 0 Å². The highest BCUT2D eigenvalue weighted by molar-refractivity contribution is 6.31. The number of aryl methyl sites for hydroxylation is 1. The summed E-state index contributed by atoms with van der Waals surface area (Å²) in [6.45, 7) is 2.03. The molecule has 0 radical (unpaired) electrons. The highest BCUT2D eigenvalue weighted by Crippen LogP contribution is 2.33. The van der Waals surface area contributed by atoms with E-state index in [9.17, 15) is 13.2 Å². The SMILES string of the molecule is Cc1cc(Cn2cc(Cl)c(C(F)(F)F)n2)ccc1N. The Hall–Kier alpha value is -1.69. The number of halogens is 4. The van der Waals surface area contributed by atoms with Crippen LogP contribution in [0.5, 0.6) is 0 Å². The summed E-state index contributed by atoms with van der Waals surface area (Å²) in [6.07, 6.45) is -3.38. The summed E-state index contributed by atoms with van der Waals surface area (Å²) in [7, 11) is 0. The Morgan fingerprint density at radius 2 is 2.05 bits per heavy atom. The first kappa shape index (κ1) is 13.7. The van der Waals surface area contributed by atoms with Crippen molar-refractivity contribution >= 4 is 17.3 Å². The molecule has 0 aliphatic heterocycles. The van der Waals surface area contributed by atoms with Gasteiger partial charge in [0, 0.05) is 11.9 Å². The minimum atomic E-state index is -4.54. The second-order valence-corrected chi connectivity index (χ2v) is 4.62. The molecule has 2 rings (SSSR count). The molecule has 2 aromatic rings. The summed E-state index contributed by atoms with van der Waals surface area (Å²) in [4.78, 5) is 0. The fourth-order valence-corrected chi connectivity index (χ4v) is 1.95. The van der Waals surface area contributed by atoms with Gasteiger partial charge in [0.15, 0.2) is 5.69 Å². The number of nitrogen functional groups attached to an aromatic ring is 1. The number of alkyl halides is 3. The number of nitrogens with two attached hydrogens (primary N) is 1. The van der Waals surface area contributed by atoms with Crippen molar-refractivity contribution in [3.05, 3.63) is 46.2 Å². The normalized spacial score (nSPS) is 11.8. The van der Waals surface area contributed by atoms with Gasteiger partial charge < -0.3 is 5.73 Å². The van der Waals surface area contributed by atoms with Gasteiger partial charge in [0.2, 0.25) is 0 Å². The lowest BCUT2D eigenvalue weighted by atomic mass is 10.1. The molecular weight excluding hydrogens is 279 g/mol. The van der Waals surface area contributed by atoms with Crippen LogP contribution in [0.4, 0.5) is 18.9 Å². The van der Waals surface area contributed by atoms with Crippen molar-refractivity contribution in [1.29, 1.82) is 0 Å². The zero-order valence-electron chi connectivity index (χ0n) is 10.0. The predicted molar refractivity (Wildman–Crippen MR) is 66.9 cm³/mol. The highest BCUT2D eigenvalue weighted by atomic mass is 35.5. The third-order valence-corrected chi connectivity index (χ3v) is 2.94. The number of anilines is 1. The maximum Gasteiger partial charge on any atom is 0.436 e. The molecule has 1 heterocycles. The number of hydrogen-bond acceptors (Lipinski definition) is 2. The second kappa shape index (κ2) is 4.77. The predicted octanol–water partition coefficient (Wildman–Crippen LogP) is 3.49. The highest BCUT2D eigenvalue weighted by Gasteiger charge is 2.36. The smallest absolute Gasteiger partial charge is 0.399 e. The van der Waals surface area contributed by atoms with Crippen LogP contribution in [0.2, 0.25) is 5.02 Å². The van der Waals surface area contributed by atoms with Crippen LogP contribution < -0.4 is 5.73 Å². The molecule has 0 saturated carbocycles. The monoisotopic (exact) mass is 289 g/mol. The number of hydrogen-bond donors (Lipinski definition) is 1. The lowest BCUT2D eigenvalue weighted by Crippen LogP contribution is -2.09. The average Bonchev–Trinajstić information content (AvgIpc) is 2.64. The van der Waals surface area contributed by atoms with Crippen molar-refractivity contribution in [1.82, 2.24) is 9.78 Å². The largest absolute Gasteiger partial charge is 0.436 e. The van der Waals surface area contributed by atoms with E-state index in [2.05, 4.69) is 5.10 Å². The van der Waals surface area contributed by atoms with E-state index in [0.717, 1.165) is 22.0 Å². The molecular formula is C12H11ClF3N3. The molecule has 0 unspecified atom stereocenters. The van der Waals surface area contributed by atoms with Crippen molar-refractivity contribution in [2.45, 2.75) is 19.6 Å². The molecule has 0 amide bonds. The van der Waals surface area contributed by atoms with Crippen LogP contribution in [0, 0.1) is 6.92 Å². The van der Waals surface area contributed by atoms with Crippen molar-refractivity contribution in [2.24, 2.45) is 0 Å². The van der Waals surface area contributed by atoms with E-state index in [4.69, 9.17) is 17.3 Å². The van der Waals surface area contributed by atoms with Gasteiger partial charge in [0.1, 0.15) is 0 Å². The summed E-state index contributed by atoms with van der Waals surface area (Å²) in [5.41, 5.74) is 6.92. The van der Waals surface area contributed by atoms with Gasteiger partial charge in [-0.2, -0.15) is 18.3 Å². The number of nitrogens with zero attached hydrogens (tertiary/aromatic N) is 2. The molecule has 0 saturated heterocycles. The zero-order chi connectivity index (χ0) is 14.2. The Labute approximate surface area is 112 Å². The van der Waals surface area contributed by atoms with Crippen LogP contribution in [0.3, 0.4) is 0 Å². The van der Waals surface area contributed by atoms with Gasteiger partial charge in [-0.3, -0.25) is 4.68 Å². The molecule has 0 aliphatic carbocycles. The maximum atomic E-state index is 12.5. The summed E-state index contributed by atoms with van der Waals surface area (Å²) >= 11 is 5.53. The number of benzene rings is 1. The van der Waals surface area contributed by atoms with Gasteiger partial charge in [-0.15, -0.1) is 0 Å². The second-order valence-electron chi connectivity index (χ2n) is 4.21. The molecule has 0 bridgehead atoms. The molecule has 2 N–H and O–H groups in total. The molecule has 0 atom stereocenters. The van der Waals surface area contributed by atoms with Crippen molar-refractivity contribution in [2.75, 3.05) is 5.73 Å². The molecule has 19 heavy (non-hydrogen) atoms. The van der Waals surface area contributed by atoms with Gasteiger partial charge in [-0.05, 0) is 24.1 Å². The van der Waals surface area contributed by atoms with Gasteiger partial charge in [0.25, 0.3) is 0 Å². The first-order valence-corrected chi connectivity index (χ1v) is 5.80. The molecule has 0 aliphatic rings. The standard InChI is InChI=1S/C12H11ClF3N3/c1-7-4-8(2-3-10(7)17)5-19-6-9(13)11(18-19)12(14,15)16/h2-4,6H,5,17H2,1H3. The van der Waals surface area contributed by atoms with E-state index in [0.29, 0.717) is 5.69 Å². The van der Waals surface area contributed by atoms with Crippen LogP contribution >= 0.6 is 11.6 Å². The summed E-state index contributed by atoms with van der Waals surface area (Å²) in [5.74, 6) is 0. The Kier molecular flexibility index (Phi) is 3.45. The van der Waals surface area contributed by atoms with Gasteiger partial charge >= 0.3 is 6.18 Å². The summed E-state index contributed by atoms with van der Waals surface area (Å²) in [5, 5.41) is 3.05. The zero-order valence-corrected chi connectivity index (χ0v) is 10.8. The van der Waals surface area contributed by atoms with Gasteiger partial charge in [-0.1, -0.05) is 23.7 Å². The molecule has 3 nitrogen and oxygen atoms in total. The molecule has 102 valence electrons. The van der Waals surface area contributed by atoms with Crippen LogP contribution in [0.15, 0.2) is 24.4 Å². The molecule has 0 spiro atoms. The quantitative estimate of drug-likeness (QED) is 0.860. The van der Waals surface area contributed by atoms with Crippen LogP contribution in [-0.4, -0.2) is 9.78 Å². The fraction of sp³-hybridized carbons (Fsp3) is 0.250. The van der Waals surface area contributed by atoms with E-state index in [1.807, 2.05) is 6.92 Å². The van der Waals surface area contributed by atoms with Crippen LogP contribution in [0.1, 0.15) is 16.8 Å². The average molecular weight is 290 g/mol. The minimum Gasteiger partial charge on any atom is -0.399 e. The molecule has 7 heteroatoms. The van der Waals surface area contributed by atoms with Crippen molar-refractivity contribution < 1.29 is 13.2 Å². The maximum absolute atomic E-state index is 12.5. The minimum absolute atomic E-state index is 0.205. The third kappa shape index (κ3) is 3.01. The Morgan fingerprint density at radius 1 is 1.37 bits per heavy atom. The Balaban J connectivity index is 2.27. The van der Waals surface area contributed by atoms with Crippen LogP contribution in [-0.2, 0) is 12.7 Å². The summed E-state index contributed by atoms with van der Waals surface area (Å²) < 4.78 is 38.8. The first-order chi connectivity index (χ1) is 8.77. The lowest BCUT2D eigenvalue weighted by molar-refractivity contribution is -0.141.